The molecule has 3 aromatic rings. The smallest absolute Gasteiger partial charge is 0.394 e. The maximum Gasteiger partial charge on any atom is 0.609 e. The highest BCUT2D eigenvalue weighted by molar-refractivity contribution is 7.49. The Morgan fingerprint density at radius 2 is 1.12 bits per heavy atom. The molecule has 6 nitrogen and oxygen atoms in total. The first-order valence-corrected chi connectivity index (χ1v) is 9.24. The molecule has 26 heavy (non-hydrogen) atoms. The Morgan fingerprint density at radius 3 is 1.58 bits per heavy atom. The van der Waals surface area contributed by atoms with Crippen molar-refractivity contribution in [1.29, 1.82) is 0 Å². The van der Waals surface area contributed by atoms with Gasteiger partial charge in [0, 0.05) is 5.56 Å². The molecule has 3 aromatic carbocycles. The normalized spacial score (nSPS) is 10.8. The lowest BCUT2D eigenvalue weighted by Gasteiger charge is -2.18. The number of amides is 1. The van der Waals surface area contributed by atoms with Crippen molar-refractivity contribution in [2.75, 3.05) is 0 Å². The Balaban J connectivity index is 1.76. The first-order valence-electron chi connectivity index (χ1n) is 7.78. The third-order valence-electron chi connectivity index (χ3n) is 3.21. The van der Waals surface area contributed by atoms with Gasteiger partial charge in [0.05, 0.1) is 0 Å². The molecule has 0 saturated carbocycles. The van der Waals surface area contributed by atoms with Crippen LogP contribution in [0.2, 0.25) is 0 Å². The summed E-state index contributed by atoms with van der Waals surface area (Å²) in [6.07, 6.45) is 0. The van der Waals surface area contributed by atoms with Gasteiger partial charge in [-0.3, -0.25) is 4.79 Å². The van der Waals surface area contributed by atoms with E-state index >= 15 is 0 Å². The Bertz CT molecular complexity index is 842. The Morgan fingerprint density at radius 1 is 0.692 bits per heavy atom. The molecular formula is C19H16NO5P. The summed E-state index contributed by atoms with van der Waals surface area (Å²) >= 11 is 0. The van der Waals surface area contributed by atoms with Gasteiger partial charge < -0.3 is 9.05 Å². The lowest BCUT2D eigenvalue weighted by molar-refractivity contribution is 0.0685. The number of carbonyl (C=O) groups is 1. The minimum atomic E-state index is -4.17. The number of hydrogen-bond donors (Lipinski definition) is 1. The molecule has 1 amide bonds. The molecule has 0 atom stereocenters. The molecule has 0 heterocycles. The van der Waals surface area contributed by atoms with Crippen LogP contribution in [0.25, 0.3) is 0 Å². The number of para-hydroxylation sites is 2. The SMILES string of the molecule is O=C(NOP(=O)(Oc1ccccc1)Oc1ccccc1)c1ccccc1. The van der Waals surface area contributed by atoms with E-state index in [1.54, 1.807) is 91.0 Å². The predicted octanol–water partition coefficient (Wildman–Crippen LogP) is 4.61. The maximum atomic E-state index is 13.0. The molecule has 0 radical (unpaired) electrons. The van der Waals surface area contributed by atoms with Crippen LogP contribution in [0.15, 0.2) is 91.0 Å². The molecule has 7 heteroatoms. The fourth-order valence-electron chi connectivity index (χ4n) is 2.02. The van der Waals surface area contributed by atoms with E-state index in [1.165, 1.54) is 0 Å². The standard InChI is InChI=1S/C19H16NO5P/c21-19(16-10-4-1-5-11-16)20-25-26(22,23-17-12-6-2-7-13-17)24-18-14-8-3-9-15-18/h1-15H,(H,20,21). The molecule has 0 saturated heterocycles. The van der Waals surface area contributed by atoms with Crippen molar-refractivity contribution in [3.05, 3.63) is 96.6 Å². The monoisotopic (exact) mass is 369 g/mol. The summed E-state index contributed by atoms with van der Waals surface area (Å²) in [7, 11) is -4.17. The highest BCUT2D eigenvalue weighted by Gasteiger charge is 2.33. The molecule has 0 bridgehead atoms. The number of phosphoric ester groups is 1. The van der Waals surface area contributed by atoms with E-state index in [0.717, 1.165) is 0 Å². The van der Waals surface area contributed by atoms with Crippen molar-refractivity contribution in [3.8, 4) is 11.5 Å². The van der Waals surface area contributed by atoms with Crippen LogP contribution in [-0.2, 0) is 9.19 Å². The number of hydroxylamine groups is 1. The second-order valence-electron chi connectivity index (χ2n) is 5.14. The van der Waals surface area contributed by atoms with Gasteiger partial charge in [0.25, 0.3) is 5.91 Å². The molecule has 0 aliphatic rings. The van der Waals surface area contributed by atoms with Gasteiger partial charge in [-0.2, -0.15) is 0 Å². The van der Waals surface area contributed by atoms with E-state index in [4.69, 9.17) is 13.7 Å². The number of rotatable bonds is 7. The van der Waals surface area contributed by atoms with Gasteiger partial charge in [-0.25, -0.2) is 10.0 Å². The zero-order chi connectivity index (χ0) is 18.2. The summed E-state index contributed by atoms with van der Waals surface area (Å²) in [5, 5.41) is 0. The first-order chi connectivity index (χ1) is 12.6. The van der Waals surface area contributed by atoms with Gasteiger partial charge in [0.15, 0.2) is 0 Å². The highest BCUT2D eigenvalue weighted by atomic mass is 31.2. The van der Waals surface area contributed by atoms with E-state index in [0.29, 0.717) is 5.56 Å². The Kier molecular flexibility index (Phi) is 5.69. The molecule has 0 aromatic heterocycles. The van der Waals surface area contributed by atoms with Crippen molar-refractivity contribution < 1.29 is 23.0 Å². The van der Waals surface area contributed by atoms with Crippen LogP contribution in [0.3, 0.4) is 0 Å². The van der Waals surface area contributed by atoms with Crippen LogP contribution < -0.4 is 14.5 Å². The van der Waals surface area contributed by atoms with Gasteiger partial charge in [-0.05, 0) is 36.4 Å². The number of phosphoric acid groups is 1. The van der Waals surface area contributed by atoms with E-state index in [-0.39, 0.29) is 11.5 Å². The molecule has 132 valence electrons. The number of benzene rings is 3. The van der Waals surface area contributed by atoms with E-state index in [9.17, 15) is 9.36 Å². The summed E-state index contributed by atoms with van der Waals surface area (Å²) in [4.78, 5) is 12.1. The minimum Gasteiger partial charge on any atom is -0.394 e. The predicted molar refractivity (Wildman–Crippen MR) is 96.7 cm³/mol. The van der Waals surface area contributed by atoms with Crippen LogP contribution in [0, 0.1) is 0 Å². The summed E-state index contributed by atoms with van der Waals surface area (Å²) in [5.41, 5.74) is 2.47. The second-order valence-corrected chi connectivity index (χ2v) is 6.59. The molecule has 0 fully saturated rings. The molecule has 0 aliphatic carbocycles. The number of hydrogen-bond acceptors (Lipinski definition) is 5. The summed E-state index contributed by atoms with van der Waals surface area (Å²) in [6, 6.07) is 25.2. The Hall–Kier alpha value is -3.08. The van der Waals surface area contributed by atoms with Crippen LogP contribution in [-0.4, -0.2) is 5.91 Å². The van der Waals surface area contributed by atoms with Crippen molar-refractivity contribution >= 4 is 13.7 Å². The van der Waals surface area contributed by atoms with Crippen LogP contribution in [0.1, 0.15) is 10.4 Å². The summed E-state index contributed by atoms with van der Waals surface area (Å²) < 4.78 is 28.8. The van der Waals surface area contributed by atoms with Gasteiger partial charge in [-0.15, -0.1) is 4.62 Å². The van der Waals surface area contributed by atoms with E-state index in [1.807, 2.05) is 0 Å². The molecule has 0 unspecified atom stereocenters. The lowest BCUT2D eigenvalue weighted by Crippen LogP contribution is -2.24. The van der Waals surface area contributed by atoms with Crippen molar-refractivity contribution in [3.63, 3.8) is 0 Å². The van der Waals surface area contributed by atoms with E-state index < -0.39 is 13.7 Å². The minimum absolute atomic E-state index is 0.278. The van der Waals surface area contributed by atoms with Crippen molar-refractivity contribution in [1.82, 2.24) is 5.48 Å². The number of nitrogens with one attached hydrogen (secondary N) is 1. The molecule has 3 rings (SSSR count). The quantitative estimate of drug-likeness (QED) is 0.486. The zero-order valence-corrected chi connectivity index (χ0v) is 14.5. The van der Waals surface area contributed by atoms with Gasteiger partial charge in [0.2, 0.25) is 0 Å². The third-order valence-corrected chi connectivity index (χ3v) is 4.39. The average Bonchev–Trinajstić information content (AvgIpc) is 2.68. The third kappa shape index (κ3) is 4.96. The molecular weight excluding hydrogens is 353 g/mol. The lowest BCUT2D eigenvalue weighted by atomic mass is 10.2. The second kappa shape index (κ2) is 8.34. The largest absolute Gasteiger partial charge is 0.609 e. The summed E-state index contributed by atoms with van der Waals surface area (Å²) in [6.45, 7) is 0. The molecule has 0 spiro atoms. The van der Waals surface area contributed by atoms with Crippen LogP contribution in [0.5, 0.6) is 11.5 Å². The van der Waals surface area contributed by atoms with Gasteiger partial charge >= 0.3 is 7.82 Å². The van der Waals surface area contributed by atoms with Gasteiger partial charge in [-0.1, -0.05) is 54.6 Å². The Labute approximate surface area is 150 Å². The van der Waals surface area contributed by atoms with Crippen molar-refractivity contribution in [2.24, 2.45) is 0 Å². The average molecular weight is 369 g/mol. The summed E-state index contributed by atoms with van der Waals surface area (Å²) in [5.74, 6) is -0.0133. The van der Waals surface area contributed by atoms with Crippen molar-refractivity contribution in [2.45, 2.75) is 0 Å². The van der Waals surface area contributed by atoms with Crippen LogP contribution >= 0.6 is 7.82 Å². The zero-order valence-electron chi connectivity index (χ0n) is 13.6. The fraction of sp³-hybridized carbons (Fsp3) is 0. The molecule has 1 N–H and O–H groups in total. The van der Waals surface area contributed by atoms with Gasteiger partial charge in [0.1, 0.15) is 11.5 Å². The number of carbonyl (C=O) groups excluding carboxylic acids is 1. The maximum absolute atomic E-state index is 13.0. The highest BCUT2D eigenvalue weighted by Crippen LogP contribution is 2.48. The van der Waals surface area contributed by atoms with E-state index in [2.05, 4.69) is 5.48 Å². The molecule has 0 aliphatic heterocycles. The van der Waals surface area contributed by atoms with Crippen LogP contribution in [0.4, 0.5) is 0 Å². The first kappa shape index (κ1) is 17.7. The fourth-order valence-corrected chi connectivity index (χ4v) is 3.09. The topological polar surface area (TPSA) is 73.9 Å².